The lowest BCUT2D eigenvalue weighted by atomic mass is 9.99. The molecule has 4 heteroatoms. The number of rotatable bonds is 17. The molecule has 136 valence electrons. The van der Waals surface area contributed by atoms with Crippen molar-refractivity contribution < 1.29 is 9.59 Å². The molecule has 0 saturated carbocycles. The molecule has 0 radical (unpaired) electrons. The number of carbonyl (C=O) groups is 2. The molecule has 0 fully saturated rings. The molecule has 0 heterocycles. The van der Waals surface area contributed by atoms with Crippen LogP contribution in [-0.4, -0.2) is 10.5 Å². The minimum absolute atomic E-state index is 0.0687. The van der Waals surface area contributed by atoms with Crippen molar-refractivity contribution in [2.24, 2.45) is 5.92 Å². The summed E-state index contributed by atoms with van der Waals surface area (Å²) in [7, 11) is 0. The summed E-state index contributed by atoms with van der Waals surface area (Å²) in [5.41, 5.74) is 0. The molecule has 0 aromatic rings. The zero-order valence-electron chi connectivity index (χ0n) is 14.8. The second kappa shape index (κ2) is 16.8. The van der Waals surface area contributed by atoms with E-state index in [0.29, 0.717) is 6.42 Å². The second-order valence-corrected chi connectivity index (χ2v) is 7.34. The smallest absolute Gasteiger partial charge is 0.224 e. The summed E-state index contributed by atoms with van der Waals surface area (Å²) in [6.45, 7) is 2.03. The Kier molecular flexibility index (Phi) is 16.7. The average molecular weight is 365 g/mol. The normalized spacial score (nSPS) is 12.3. The van der Waals surface area contributed by atoms with Crippen LogP contribution in [0.3, 0.4) is 0 Å². The first-order valence-corrected chi connectivity index (χ1v) is 10.2. The number of hydrogen-bond acceptors (Lipinski definition) is 2. The molecule has 23 heavy (non-hydrogen) atoms. The third kappa shape index (κ3) is 16.6. The number of hydrogen-bond donors (Lipinski definition) is 0. The van der Waals surface area contributed by atoms with Gasteiger partial charge in [0.25, 0.3) is 0 Å². The van der Waals surface area contributed by atoms with Crippen molar-refractivity contribution in [3.63, 3.8) is 0 Å². The van der Waals surface area contributed by atoms with E-state index in [0.717, 1.165) is 32.1 Å². The van der Waals surface area contributed by atoms with Gasteiger partial charge in [-0.1, -0.05) is 77.6 Å². The fourth-order valence-corrected chi connectivity index (χ4v) is 3.30. The van der Waals surface area contributed by atoms with E-state index in [1.807, 2.05) is 6.92 Å². The van der Waals surface area contributed by atoms with Gasteiger partial charge in [0.15, 0.2) is 0 Å². The van der Waals surface area contributed by atoms with Crippen LogP contribution in [-0.2, 0) is 9.59 Å². The summed E-state index contributed by atoms with van der Waals surface area (Å²) in [6.07, 6.45) is 17.1. The van der Waals surface area contributed by atoms with E-state index >= 15 is 0 Å². The average Bonchev–Trinajstić information content (AvgIpc) is 2.50. The highest BCUT2D eigenvalue weighted by atomic mass is 35.5. The van der Waals surface area contributed by atoms with Gasteiger partial charge in [0.05, 0.1) is 0 Å². The van der Waals surface area contributed by atoms with E-state index in [9.17, 15) is 9.59 Å². The zero-order valence-corrected chi connectivity index (χ0v) is 16.3. The van der Waals surface area contributed by atoms with Gasteiger partial charge in [-0.25, -0.2) is 0 Å². The molecule has 0 aromatic heterocycles. The molecule has 0 aliphatic heterocycles. The largest absolute Gasteiger partial charge is 0.281 e. The van der Waals surface area contributed by atoms with Crippen molar-refractivity contribution in [3.05, 3.63) is 0 Å². The molecule has 0 saturated heterocycles. The molecule has 0 aromatic carbocycles. The van der Waals surface area contributed by atoms with Crippen molar-refractivity contribution in [3.8, 4) is 0 Å². The molecule has 0 aliphatic rings. The van der Waals surface area contributed by atoms with Crippen LogP contribution in [0.15, 0.2) is 0 Å². The topological polar surface area (TPSA) is 34.1 Å². The Hall–Kier alpha value is -0.0800. The number of halogens is 2. The predicted octanol–water partition coefficient (Wildman–Crippen LogP) is 7.00. The highest BCUT2D eigenvalue weighted by molar-refractivity contribution is 6.64. The highest BCUT2D eigenvalue weighted by Crippen LogP contribution is 2.18. The maximum absolute atomic E-state index is 11.1. The van der Waals surface area contributed by atoms with Gasteiger partial charge >= 0.3 is 0 Å². The molecule has 1 atom stereocenters. The molecular weight excluding hydrogens is 331 g/mol. The van der Waals surface area contributed by atoms with Gasteiger partial charge in [0.1, 0.15) is 0 Å². The summed E-state index contributed by atoms with van der Waals surface area (Å²) < 4.78 is 0. The SMILES string of the molecule is CCC(CCCCCCCCCCCCCCC(=O)Cl)C(=O)Cl. The lowest BCUT2D eigenvalue weighted by Crippen LogP contribution is -2.06. The Morgan fingerprint density at radius 1 is 0.696 bits per heavy atom. The molecule has 0 rings (SSSR count). The first-order valence-electron chi connectivity index (χ1n) is 9.45. The van der Waals surface area contributed by atoms with Crippen molar-refractivity contribution in [2.45, 2.75) is 103 Å². The van der Waals surface area contributed by atoms with Crippen LogP contribution in [0.5, 0.6) is 0 Å². The van der Waals surface area contributed by atoms with Crippen LogP contribution in [0.25, 0.3) is 0 Å². The fourth-order valence-electron chi connectivity index (χ4n) is 2.90. The van der Waals surface area contributed by atoms with E-state index in [-0.39, 0.29) is 16.4 Å². The zero-order chi connectivity index (χ0) is 17.3. The van der Waals surface area contributed by atoms with Crippen LogP contribution in [0.1, 0.15) is 103 Å². The van der Waals surface area contributed by atoms with Crippen LogP contribution in [0, 0.1) is 5.92 Å². The Morgan fingerprint density at radius 2 is 1.09 bits per heavy atom. The van der Waals surface area contributed by atoms with Gasteiger partial charge in [0, 0.05) is 12.3 Å². The molecule has 0 aliphatic carbocycles. The number of unbranched alkanes of at least 4 members (excludes halogenated alkanes) is 11. The third-order valence-electron chi connectivity index (χ3n) is 4.49. The maximum Gasteiger partial charge on any atom is 0.224 e. The van der Waals surface area contributed by atoms with E-state index < -0.39 is 0 Å². The fraction of sp³-hybridized carbons (Fsp3) is 0.895. The highest BCUT2D eigenvalue weighted by Gasteiger charge is 2.12. The Labute approximate surface area is 152 Å². The van der Waals surface area contributed by atoms with Gasteiger partial charge in [0.2, 0.25) is 10.5 Å². The third-order valence-corrected chi connectivity index (χ3v) is 4.99. The van der Waals surface area contributed by atoms with Crippen LogP contribution >= 0.6 is 23.2 Å². The minimum atomic E-state index is -0.204. The van der Waals surface area contributed by atoms with Crippen LogP contribution in [0.2, 0.25) is 0 Å². The standard InChI is InChI=1S/C19H34Cl2O2/c1-2-17(19(21)23)15-13-11-9-7-5-3-4-6-8-10-12-14-16-18(20)22/h17H,2-16H2,1H3. The summed E-state index contributed by atoms with van der Waals surface area (Å²) in [5, 5.41) is -0.369. The van der Waals surface area contributed by atoms with Crippen LogP contribution < -0.4 is 0 Å². The molecule has 2 nitrogen and oxygen atoms in total. The van der Waals surface area contributed by atoms with Crippen LogP contribution in [0.4, 0.5) is 0 Å². The van der Waals surface area contributed by atoms with Gasteiger partial charge < -0.3 is 0 Å². The van der Waals surface area contributed by atoms with E-state index in [2.05, 4.69) is 0 Å². The molecular formula is C19H34Cl2O2. The van der Waals surface area contributed by atoms with Gasteiger partial charge in [-0.2, -0.15) is 0 Å². The summed E-state index contributed by atoms with van der Waals surface area (Å²) in [5.74, 6) is 0.0687. The first kappa shape index (κ1) is 22.9. The van der Waals surface area contributed by atoms with E-state index in [1.165, 1.54) is 57.8 Å². The number of carbonyl (C=O) groups excluding carboxylic acids is 2. The Morgan fingerprint density at radius 3 is 1.43 bits per heavy atom. The van der Waals surface area contributed by atoms with Gasteiger partial charge in [-0.05, 0) is 42.5 Å². The second-order valence-electron chi connectivity index (χ2n) is 6.55. The molecule has 0 bridgehead atoms. The van der Waals surface area contributed by atoms with Gasteiger partial charge in [-0.15, -0.1) is 0 Å². The van der Waals surface area contributed by atoms with Gasteiger partial charge in [-0.3, -0.25) is 9.59 Å². The first-order chi connectivity index (χ1) is 11.1. The molecule has 0 spiro atoms. The summed E-state index contributed by atoms with van der Waals surface area (Å²) >= 11 is 10.8. The minimum Gasteiger partial charge on any atom is -0.281 e. The van der Waals surface area contributed by atoms with Crippen molar-refractivity contribution >= 4 is 33.7 Å². The summed E-state index contributed by atoms with van der Waals surface area (Å²) in [6, 6.07) is 0. The van der Waals surface area contributed by atoms with Crippen molar-refractivity contribution in [2.75, 3.05) is 0 Å². The lowest BCUT2D eigenvalue weighted by molar-refractivity contribution is -0.115. The molecule has 0 amide bonds. The van der Waals surface area contributed by atoms with E-state index in [4.69, 9.17) is 23.2 Å². The monoisotopic (exact) mass is 364 g/mol. The lowest BCUT2D eigenvalue weighted by Gasteiger charge is -2.09. The summed E-state index contributed by atoms with van der Waals surface area (Å²) in [4.78, 5) is 21.7. The molecule has 0 N–H and O–H groups in total. The van der Waals surface area contributed by atoms with E-state index in [1.54, 1.807) is 0 Å². The van der Waals surface area contributed by atoms with Crippen molar-refractivity contribution in [1.29, 1.82) is 0 Å². The molecule has 1 unspecified atom stereocenters. The Balaban J connectivity index is 3.16. The Bertz CT molecular complexity index is 306. The maximum atomic E-state index is 11.1. The quantitative estimate of drug-likeness (QED) is 0.205. The predicted molar refractivity (Wildman–Crippen MR) is 100 cm³/mol. The van der Waals surface area contributed by atoms with Crippen molar-refractivity contribution in [1.82, 2.24) is 0 Å².